The summed E-state index contributed by atoms with van der Waals surface area (Å²) in [6.45, 7) is 3.33. The van der Waals surface area contributed by atoms with Crippen LogP contribution in [0.15, 0.2) is 34.0 Å². The monoisotopic (exact) mass is 471 g/mol. The van der Waals surface area contributed by atoms with E-state index in [0.717, 1.165) is 0 Å². The van der Waals surface area contributed by atoms with E-state index in [4.69, 9.17) is 32.7 Å². The highest BCUT2D eigenvalue weighted by Crippen LogP contribution is 2.33. The van der Waals surface area contributed by atoms with Crippen molar-refractivity contribution in [1.29, 1.82) is 0 Å². The summed E-state index contributed by atoms with van der Waals surface area (Å²) in [5.41, 5.74) is -0.639. The molecule has 9 nitrogen and oxygen atoms in total. The molecule has 1 unspecified atom stereocenters. The molecule has 2 aromatic rings. The average Bonchev–Trinajstić information content (AvgIpc) is 3.09. The quantitative estimate of drug-likeness (QED) is 0.563. The topological polar surface area (TPSA) is 123 Å². The second-order valence-corrected chi connectivity index (χ2v) is 7.98. The van der Waals surface area contributed by atoms with Gasteiger partial charge in [0.2, 0.25) is 0 Å². The number of aryl methyl sites for hydroxylation is 1. The molecule has 31 heavy (non-hydrogen) atoms. The van der Waals surface area contributed by atoms with E-state index in [1.165, 1.54) is 17.7 Å². The van der Waals surface area contributed by atoms with Crippen molar-refractivity contribution >= 4 is 29.1 Å². The zero-order valence-electron chi connectivity index (χ0n) is 16.9. The number of hydrogen-bond acceptors (Lipinski definition) is 6. The van der Waals surface area contributed by atoms with Gasteiger partial charge in [0.25, 0.3) is 11.5 Å². The van der Waals surface area contributed by atoms with Crippen LogP contribution in [-0.2, 0) is 16.0 Å². The first-order chi connectivity index (χ1) is 14.7. The number of nitrogens with zero attached hydrogens (tertiary/aromatic N) is 1. The molecule has 11 heteroatoms. The minimum absolute atomic E-state index is 0.000801. The molecule has 4 atom stereocenters. The third kappa shape index (κ3) is 5.30. The summed E-state index contributed by atoms with van der Waals surface area (Å²) in [5, 5.41) is 13.5. The van der Waals surface area contributed by atoms with Crippen molar-refractivity contribution in [3.8, 4) is 5.75 Å². The van der Waals surface area contributed by atoms with Gasteiger partial charge in [-0.1, -0.05) is 36.2 Å². The molecular formula is C20H23Cl2N3O6. The molecule has 3 N–H and O–H groups in total. The van der Waals surface area contributed by atoms with Crippen molar-refractivity contribution in [2.45, 2.75) is 51.2 Å². The van der Waals surface area contributed by atoms with Gasteiger partial charge < -0.3 is 19.9 Å². The van der Waals surface area contributed by atoms with Crippen molar-refractivity contribution in [3.63, 3.8) is 0 Å². The minimum Gasteiger partial charge on any atom is -0.478 e. The van der Waals surface area contributed by atoms with E-state index >= 15 is 0 Å². The maximum atomic E-state index is 12.4. The number of nitrogens with one attached hydrogen (secondary N) is 2. The van der Waals surface area contributed by atoms with E-state index in [1.807, 2.05) is 0 Å². The van der Waals surface area contributed by atoms with E-state index in [1.54, 1.807) is 25.1 Å². The van der Waals surface area contributed by atoms with Crippen molar-refractivity contribution < 1.29 is 19.4 Å². The van der Waals surface area contributed by atoms with Crippen LogP contribution < -0.4 is 21.3 Å². The lowest BCUT2D eigenvalue weighted by Crippen LogP contribution is -2.42. The fourth-order valence-corrected chi connectivity index (χ4v) is 3.72. The highest BCUT2D eigenvalue weighted by atomic mass is 35.5. The fourth-order valence-electron chi connectivity index (χ4n) is 3.23. The van der Waals surface area contributed by atoms with E-state index in [2.05, 4.69) is 10.3 Å². The van der Waals surface area contributed by atoms with Crippen LogP contribution in [0.1, 0.15) is 32.1 Å². The Morgan fingerprint density at radius 2 is 2.06 bits per heavy atom. The second-order valence-electron chi connectivity index (χ2n) is 7.16. The normalized spacial score (nSPS) is 21.6. The lowest BCUT2D eigenvalue weighted by atomic mass is 10.1. The number of benzene rings is 1. The second kappa shape index (κ2) is 9.86. The standard InChI is InChI=1S/C20H23Cl2N3O6/c1-3-11-9-25(20(29)24-19(11)28)16-7-14(26)15(31-16)8-23-18(27)10(2)30-17-12(21)5-4-6-13(17)22/h4-6,9-10,14-16,26H,3,7-8H2,1-2H3,(H,23,27)(H,24,28,29)/t10?,14-,15+,16+/m0/s1. The molecule has 1 fully saturated rings. The molecule has 1 aromatic heterocycles. The lowest BCUT2D eigenvalue weighted by molar-refractivity contribution is -0.128. The number of aliphatic hydroxyl groups is 1. The van der Waals surface area contributed by atoms with Crippen LogP contribution in [0.25, 0.3) is 0 Å². The summed E-state index contributed by atoms with van der Waals surface area (Å²) in [6.07, 6.45) is -1.31. The predicted molar refractivity (Wildman–Crippen MR) is 115 cm³/mol. The van der Waals surface area contributed by atoms with E-state index < -0.39 is 41.7 Å². The Hall–Kier alpha value is -2.33. The van der Waals surface area contributed by atoms with Gasteiger partial charge in [0, 0.05) is 24.7 Å². The van der Waals surface area contributed by atoms with Crippen LogP contribution in [0, 0.1) is 0 Å². The number of aromatic amines is 1. The molecule has 1 saturated heterocycles. The Bertz CT molecular complexity index is 1050. The predicted octanol–water partition coefficient (Wildman–Crippen LogP) is 1.64. The molecule has 2 heterocycles. The zero-order chi connectivity index (χ0) is 22.7. The van der Waals surface area contributed by atoms with Crippen molar-refractivity contribution in [2.75, 3.05) is 6.54 Å². The molecule has 1 aliphatic rings. The van der Waals surface area contributed by atoms with E-state index in [9.17, 15) is 19.5 Å². The summed E-state index contributed by atoms with van der Waals surface area (Å²) < 4.78 is 12.6. The fraction of sp³-hybridized carbons (Fsp3) is 0.450. The summed E-state index contributed by atoms with van der Waals surface area (Å²) >= 11 is 12.1. The van der Waals surface area contributed by atoms with Gasteiger partial charge in [-0.2, -0.15) is 0 Å². The maximum absolute atomic E-state index is 12.4. The number of carbonyl (C=O) groups excluding carboxylic acids is 1. The Balaban J connectivity index is 1.60. The number of hydrogen-bond donors (Lipinski definition) is 3. The van der Waals surface area contributed by atoms with Crippen LogP contribution >= 0.6 is 23.2 Å². The van der Waals surface area contributed by atoms with Gasteiger partial charge in [-0.05, 0) is 25.5 Å². The van der Waals surface area contributed by atoms with Gasteiger partial charge in [-0.15, -0.1) is 0 Å². The van der Waals surface area contributed by atoms with E-state index in [-0.39, 0.29) is 28.8 Å². The van der Waals surface area contributed by atoms with Crippen molar-refractivity contribution in [3.05, 3.63) is 60.8 Å². The molecule has 0 aliphatic carbocycles. The van der Waals surface area contributed by atoms with Gasteiger partial charge >= 0.3 is 5.69 Å². The van der Waals surface area contributed by atoms with Gasteiger partial charge in [0.15, 0.2) is 11.9 Å². The highest BCUT2D eigenvalue weighted by Gasteiger charge is 2.36. The number of amides is 1. The van der Waals surface area contributed by atoms with Gasteiger partial charge in [0.05, 0.1) is 16.1 Å². The molecule has 168 valence electrons. The first-order valence-corrected chi connectivity index (χ1v) is 10.5. The summed E-state index contributed by atoms with van der Waals surface area (Å²) in [6, 6.07) is 4.85. The molecule has 1 amide bonds. The SMILES string of the molecule is CCc1cn([C@H]2C[C@H](O)[C@@H](CNC(=O)C(C)Oc3c(Cl)cccc3Cl)O2)c(=O)[nH]c1=O. The van der Waals surface area contributed by atoms with Crippen LogP contribution in [0.3, 0.4) is 0 Å². The molecule has 3 rings (SSSR count). The summed E-state index contributed by atoms with van der Waals surface area (Å²) in [7, 11) is 0. The van der Waals surface area contributed by atoms with Crippen LogP contribution in [-0.4, -0.2) is 45.4 Å². The molecule has 0 spiro atoms. The van der Waals surface area contributed by atoms with Crippen molar-refractivity contribution in [1.82, 2.24) is 14.9 Å². The molecular weight excluding hydrogens is 449 g/mol. The lowest BCUT2D eigenvalue weighted by Gasteiger charge is -2.20. The number of para-hydroxylation sites is 1. The third-order valence-corrected chi connectivity index (χ3v) is 5.59. The Kier molecular flexibility index (Phi) is 7.42. The minimum atomic E-state index is -0.913. The Labute approximate surface area is 187 Å². The number of carbonyl (C=O) groups is 1. The van der Waals surface area contributed by atoms with Crippen LogP contribution in [0.4, 0.5) is 0 Å². The van der Waals surface area contributed by atoms with E-state index in [0.29, 0.717) is 12.0 Å². The first-order valence-electron chi connectivity index (χ1n) is 9.77. The summed E-state index contributed by atoms with van der Waals surface area (Å²) in [4.78, 5) is 38.5. The average molecular weight is 472 g/mol. The number of halogens is 2. The highest BCUT2D eigenvalue weighted by molar-refractivity contribution is 6.37. The summed E-state index contributed by atoms with van der Waals surface area (Å²) in [5.74, 6) is -0.250. The van der Waals surface area contributed by atoms with Gasteiger partial charge in [0.1, 0.15) is 12.3 Å². The maximum Gasteiger partial charge on any atom is 0.330 e. The number of H-pyrrole nitrogens is 1. The molecule has 0 radical (unpaired) electrons. The van der Waals surface area contributed by atoms with Gasteiger partial charge in [-0.3, -0.25) is 19.1 Å². The Morgan fingerprint density at radius 1 is 1.39 bits per heavy atom. The molecule has 0 saturated carbocycles. The Morgan fingerprint density at radius 3 is 2.71 bits per heavy atom. The first kappa shape index (κ1) is 23.3. The smallest absolute Gasteiger partial charge is 0.330 e. The van der Waals surface area contributed by atoms with Crippen LogP contribution in [0.2, 0.25) is 10.0 Å². The van der Waals surface area contributed by atoms with Crippen LogP contribution in [0.5, 0.6) is 5.75 Å². The van der Waals surface area contributed by atoms with Gasteiger partial charge in [-0.25, -0.2) is 4.79 Å². The number of aromatic nitrogens is 2. The third-order valence-electron chi connectivity index (χ3n) is 5.00. The number of aliphatic hydroxyl groups excluding tert-OH is 1. The number of rotatable bonds is 7. The largest absolute Gasteiger partial charge is 0.478 e. The molecule has 1 aromatic carbocycles. The number of ether oxygens (including phenoxy) is 2. The molecule has 0 bridgehead atoms. The zero-order valence-corrected chi connectivity index (χ0v) is 18.4. The van der Waals surface area contributed by atoms with Crippen molar-refractivity contribution in [2.24, 2.45) is 0 Å². The molecule has 1 aliphatic heterocycles.